The second-order valence-corrected chi connectivity index (χ2v) is 8.93. The zero-order valence-electron chi connectivity index (χ0n) is 18.0. The van der Waals surface area contributed by atoms with Crippen molar-refractivity contribution in [1.82, 2.24) is 10.3 Å². The highest BCUT2D eigenvalue weighted by Gasteiger charge is 2.33. The molecule has 2 atom stereocenters. The summed E-state index contributed by atoms with van der Waals surface area (Å²) in [5, 5.41) is 12.6. The summed E-state index contributed by atoms with van der Waals surface area (Å²) in [6, 6.07) is 8.51. The van der Waals surface area contributed by atoms with Crippen LogP contribution in [0.15, 0.2) is 60.3 Å². The van der Waals surface area contributed by atoms with E-state index in [-0.39, 0.29) is 16.9 Å². The van der Waals surface area contributed by atoms with Gasteiger partial charge in [-0.1, -0.05) is 42.9 Å². The molecule has 0 bridgehead atoms. The van der Waals surface area contributed by atoms with Gasteiger partial charge in [-0.05, 0) is 62.3 Å². The first-order valence-corrected chi connectivity index (χ1v) is 10.8. The topological polar surface area (TPSA) is 79.3 Å². The molecule has 2 N–H and O–H groups in total. The Morgan fingerprint density at radius 2 is 2.10 bits per heavy atom. The van der Waals surface area contributed by atoms with Crippen LogP contribution < -0.4 is 5.32 Å². The van der Waals surface area contributed by atoms with E-state index in [0.717, 1.165) is 18.4 Å². The van der Waals surface area contributed by atoms with Crippen LogP contribution in [0, 0.1) is 18.3 Å². The standard InChI is InChI=1S/C26H28N2O3/c1-17-8-9-19(23-21(25(30)31)7-5-13-27-23)14-22(17)24(29)28-16-26(2)12-4-3-6-18-10-11-20(18)15-26/h4-9,12-14,20H,3,10-11,15-16H2,1-2H3,(H,28,29)(H,30,31)/b12-4+,18-6+. The third kappa shape index (κ3) is 4.46. The molecule has 1 amide bonds. The first-order valence-electron chi connectivity index (χ1n) is 10.8. The Hall–Kier alpha value is -3.21. The number of rotatable bonds is 5. The summed E-state index contributed by atoms with van der Waals surface area (Å²) in [7, 11) is 0. The lowest BCUT2D eigenvalue weighted by molar-refractivity contribution is 0.0697. The van der Waals surface area contributed by atoms with Crippen LogP contribution in [0.25, 0.3) is 11.3 Å². The Kier molecular flexibility index (Phi) is 5.77. The third-order valence-electron chi connectivity index (χ3n) is 6.50. The largest absolute Gasteiger partial charge is 0.478 e. The summed E-state index contributed by atoms with van der Waals surface area (Å²) in [5.41, 5.74) is 3.98. The number of aromatic carboxylic acids is 1. The molecule has 0 saturated heterocycles. The van der Waals surface area contributed by atoms with Crippen molar-refractivity contribution in [3.8, 4) is 11.3 Å². The molecule has 160 valence electrons. The fraction of sp³-hybridized carbons (Fsp3) is 0.346. The highest BCUT2D eigenvalue weighted by Crippen LogP contribution is 2.43. The minimum absolute atomic E-state index is 0.0801. The van der Waals surface area contributed by atoms with Crippen LogP contribution >= 0.6 is 0 Å². The number of hydrogen-bond acceptors (Lipinski definition) is 3. The maximum absolute atomic E-state index is 13.1. The number of fused-ring (bicyclic) bond motifs is 1. The molecule has 2 unspecified atom stereocenters. The van der Waals surface area contributed by atoms with Gasteiger partial charge in [0.15, 0.2) is 0 Å². The minimum Gasteiger partial charge on any atom is -0.478 e. The number of aromatic nitrogens is 1. The average Bonchev–Trinajstić information content (AvgIpc) is 2.75. The van der Waals surface area contributed by atoms with Gasteiger partial charge in [-0.25, -0.2) is 4.79 Å². The number of carbonyl (C=O) groups is 2. The summed E-state index contributed by atoms with van der Waals surface area (Å²) in [5.74, 6) is -0.549. The van der Waals surface area contributed by atoms with Gasteiger partial charge in [0, 0.05) is 29.3 Å². The molecule has 31 heavy (non-hydrogen) atoms. The maximum atomic E-state index is 13.1. The number of pyridine rings is 1. The molecule has 5 nitrogen and oxygen atoms in total. The van der Waals surface area contributed by atoms with E-state index in [9.17, 15) is 14.7 Å². The number of hydrogen-bond donors (Lipinski definition) is 2. The van der Waals surface area contributed by atoms with Crippen molar-refractivity contribution in [2.45, 2.75) is 39.5 Å². The van der Waals surface area contributed by atoms with Crippen LogP contribution in [-0.2, 0) is 0 Å². The van der Waals surface area contributed by atoms with E-state index in [0.29, 0.717) is 29.3 Å². The van der Waals surface area contributed by atoms with Gasteiger partial charge in [-0.3, -0.25) is 9.78 Å². The highest BCUT2D eigenvalue weighted by atomic mass is 16.4. The van der Waals surface area contributed by atoms with Crippen molar-refractivity contribution in [2.24, 2.45) is 11.3 Å². The molecule has 2 aliphatic carbocycles. The van der Waals surface area contributed by atoms with E-state index in [2.05, 4.69) is 35.5 Å². The SMILES string of the molecule is Cc1ccc(-c2ncccc2C(=O)O)cc1C(=O)NCC1(C)/C=C/C/C=C2\CCC2C1. The molecule has 1 fully saturated rings. The van der Waals surface area contributed by atoms with E-state index in [1.165, 1.54) is 18.9 Å². The lowest BCUT2D eigenvalue weighted by atomic mass is 9.68. The molecule has 4 rings (SSSR count). The van der Waals surface area contributed by atoms with Crippen LogP contribution in [0.5, 0.6) is 0 Å². The van der Waals surface area contributed by atoms with Crippen molar-refractivity contribution >= 4 is 11.9 Å². The fourth-order valence-corrected chi connectivity index (χ4v) is 4.55. The van der Waals surface area contributed by atoms with Crippen molar-refractivity contribution in [1.29, 1.82) is 0 Å². The molecule has 1 aromatic heterocycles. The number of benzene rings is 1. The number of nitrogens with one attached hydrogen (secondary N) is 1. The highest BCUT2D eigenvalue weighted by molar-refractivity contribution is 5.99. The fourth-order valence-electron chi connectivity index (χ4n) is 4.55. The molecular weight excluding hydrogens is 388 g/mol. The number of amides is 1. The lowest BCUT2D eigenvalue weighted by Crippen LogP contribution is -2.37. The number of nitrogens with zero attached hydrogens (tertiary/aromatic N) is 1. The van der Waals surface area contributed by atoms with Crippen molar-refractivity contribution in [2.75, 3.05) is 6.54 Å². The maximum Gasteiger partial charge on any atom is 0.337 e. The first kappa shape index (κ1) is 21.0. The third-order valence-corrected chi connectivity index (χ3v) is 6.50. The van der Waals surface area contributed by atoms with E-state index in [4.69, 9.17) is 0 Å². The van der Waals surface area contributed by atoms with Crippen LogP contribution in [0.3, 0.4) is 0 Å². The molecule has 0 radical (unpaired) electrons. The van der Waals surface area contributed by atoms with Crippen LogP contribution in [-0.4, -0.2) is 28.5 Å². The Balaban J connectivity index is 1.53. The number of carboxylic acid groups (broad SMARTS) is 1. The molecule has 0 aliphatic heterocycles. The van der Waals surface area contributed by atoms with E-state index in [1.54, 1.807) is 23.9 Å². The Morgan fingerprint density at radius 3 is 2.84 bits per heavy atom. The second-order valence-electron chi connectivity index (χ2n) is 8.93. The Bertz CT molecular complexity index is 1090. The molecular formula is C26H28N2O3. The summed E-state index contributed by atoms with van der Waals surface area (Å²) >= 11 is 0. The molecule has 2 aliphatic rings. The predicted octanol–water partition coefficient (Wildman–Crippen LogP) is 5.18. The van der Waals surface area contributed by atoms with Gasteiger partial charge in [0.05, 0.1) is 11.3 Å². The zero-order valence-corrected chi connectivity index (χ0v) is 18.0. The summed E-state index contributed by atoms with van der Waals surface area (Å²) in [6.07, 6.45) is 12.8. The van der Waals surface area contributed by atoms with Crippen LogP contribution in [0.1, 0.15) is 58.9 Å². The number of carboxylic acids is 1. The van der Waals surface area contributed by atoms with Gasteiger partial charge in [-0.2, -0.15) is 0 Å². The first-order chi connectivity index (χ1) is 14.9. The minimum atomic E-state index is -1.04. The van der Waals surface area contributed by atoms with Gasteiger partial charge >= 0.3 is 5.97 Å². The summed E-state index contributed by atoms with van der Waals surface area (Å²) in [6.45, 7) is 4.67. The van der Waals surface area contributed by atoms with Crippen molar-refractivity contribution in [3.63, 3.8) is 0 Å². The van der Waals surface area contributed by atoms with E-state index < -0.39 is 5.97 Å². The van der Waals surface area contributed by atoms with Gasteiger partial charge < -0.3 is 10.4 Å². The molecule has 2 aromatic rings. The number of allylic oxidation sites excluding steroid dienone is 3. The quantitative estimate of drug-likeness (QED) is 0.659. The van der Waals surface area contributed by atoms with Crippen molar-refractivity contribution in [3.05, 3.63) is 77.0 Å². The van der Waals surface area contributed by atoms with Crippen LogP contribution in [0.4, 0.5) is 0 Å². The van der Waals surface area contributed by atoms with Gasteiger partial charge in [0.25, 0.3) is 5.91 Å². The molecule has 5 heteroatoms. The van der Waals surface area contributed by atoms with E-state index in [1.807, 2.05) is 19.1 Å². The van der Waals surface area contributed by atoms with Gasteiger partial charge in [-0.15, -0.1) is 0 Å². The predicted molar refractivity (Wildman–Crippen MR) is 121 cm³/mol. The molecule has 1 heterocycles. The molecule has 1 aromatic carbocycles. The van der Waals surface area contributed by atoms with Gasteiger partial charge in [0.1, 0.15) is 0 Å². The molecule has 1 saturated carbocycles. The summed E-state index contributed by atoms with van der Waals surface area (Å²) < 4.78 is 0. The smallest absolute Gasteiger partial charge is 0.337 e. The Morgan fingerprint density at radius 1 is 1.26 bits per heavy atom. The monoisotopic (exact) mass is 416 g/mol. The van der Waals surface area contributed by atoms with E-state index >= 15 is 0 Å². The molecule has 0 spiro atoms. The summed E-state index contributed by atoms with van der Waals surface area (Å²) in [4.78, 5) is 28.9. The Labute approximate surface area is 182 Å². The normalized spacial score (nSPS) is 25.1. The second kappa shape index (κ2) is 8.50. The van der Waals surface area contributed by atoms with Crippen molar-refractivity contribution < 1.29 is 14.7 Å². The number of carbonyl (C=O) groups excluding carboxylic acids is 1. The zero-order chi connectivity index (χ0) is 22.0. The van der Waals surface area contributed by atoms with Crippen LogP contribution in [0.2, 0.25) is 0 Å². The number of aryl methyl sites for hydroxylation is 1. The van der Waals surface area contributed by atoms with Gasteiger partial charge in [0.2, 0.25) is 0 Å². The average molecular weight is 417 g/mol. The lowest BCUT2D eigenvalue weighted by Gasteiger charge is -2.38.